The highest BCUT2D eigenvalue weighted by atomic mass is 19.4. The van der Waals surface area contributed by atoms with Gasteiger partial charge in [-0.15, -0.1) is 0 Å². The molecule has 1 atom stereocenters. The number of nitrogens with one attached hydrogen (secondary N) is 1. The Balaban J connectivity index is 2.25. The first-order valence-corrected chi connectivity index (χ1v) is 8.09. The molecule has 1 N–H and O–H groups in total. The van der Waals surface area contributed by atoms with Crippen molar-refractivity contribution in [2.75, 3.05) is 13.7 Å². The van der Waals surface area contributed by atoms with E-state index < -0.39 is 35.6 Å². The third-order valence-electron chi connectivity index (χ3n) is 4.18. The van der Waals surface area contributed by atoms with Crippen molar-refractivity contribution < 1.29 is 35.9 Å². The summed E-state index contributed by atoms with van der Waals surface area (Å²) >= 11 is 0. The van der Waals surface area contributed by atoms with Gasteiger partial charge in [-0.25, -0.2) is 0 Å². The highest BCUT2D eigenvalue weighted by molar-refractivity contribution is 5.68. The molecule has 28 heavy (non-hydrogen) atoms. The molecular weight excluding hydrogens is 388 g/mol. The molecule has 0 aromatic heterocycles. The van der Waals surface area contributed by atoms with E-state index in [1.807, 2.05) is 0 Å². The summed E-state index contributed by atoms with van der Waals surface area (Å²) in [7, 11) is 1.50. The molecule has 0 aliphatic rings. The fraction of sp³-hybridized carbons (Fsp3) is 0.316. The molecule has 2 aromatic rings. The highest BCUT2D eigenvalue weighted by Gasteiger charge is 2.37. The molecule has 2 rings (SSSR count). The summed E-state index contributed by atoms with van der Waals surface area (Å²) in [5.41, 5.74) is -3.87. The molecule has 0 spiro atoms. The minimum Gasteiger partial charge on any atom is -0.374 e. The molecule has 0 aliphatic carbocycles. The summed E-state index contributed by atoms with van der Waals surface area (Å²) < 4.78 is 82.8. The maximum atomic E-state index is 12.9. The second kappa shape index (κ2) is 8.32. The van der Waals surface area contributed by atoms with Crippen LogP contribution in [0.2, 0.25) is 0 Å². The fourth-order valence-electron chi connectivity index (χ4n) is 2.63. The molecule has 152 valence electrons. The molecule has 2 aromatic carbocycles. The topological polar surface area (TPSA) is 38.3 Å². The molecule has 9 heteroatoms. The van der Waals surface area contributed by atoms with Gasteiger partial charge in [0.15, 0.2) is 0 Å². The van der Waals surface area contributed by atoms with E-state index in [2.05, 4.69) is 5.32 Å². The number of rotatable bonds is 7. The van der Waals surface area contributed by atoms with Crippen molar-refractivity contribution in [2.45, 2.75) is 24.5 Å². The van der Waals surface area contributed by atoms with E-state index in [1.54, 1.807) is 30.3 Å². The van der Waals surface area contributed by atoms with Crippen molar-refractivity contribution in [3.05, 3.63) is 70.8 Å². The lowest BCUT2D eigenvalue weighted by molar-refractivity contribution is -0.143. The van der Waals surface area contributed by atoms with Crippen molar-refractivity contribution in [1.29, 1.82) is 0 Å². The van der Waals surface area contributed by atoms with Gasteiger partial charge in [-0.1, -0.05) is 30.3 Å². The van der Waals surface area contributed by atoms with E-state index in [9.17, 15) is 31.1 Å². The van der Waals surface area contributed by atoms with Crippen LogP contribution >= 0.6 is 0 Å². The SMILES string of the molecule is CN[C@](C=O)(COCc1cc(C(F)(F)F)cc(C(F)(F)F)c1)c1ccccc1. The molecule has 0 aliphatic heterocycles. The van der Waals surface area contributed by atoms with Crippen LogP contribution in [-0.2, 0) is 34.0 Å². The number of carbonyl (C=O) groups excluding carboxylic acids is 1. The molecule has 0 bridgehead atoms. The zero-order valence-corrected chi connectivity index (χ0v) is 14.7. The number of hydrogen-bond acceptors (Lipinski definition) is 3. The van der Waals surface area contributed by atoms with Gasteiger partial charge in [-0.05, 0) is 36.4 Å². The molecular formula is C19H17F6NO2. The number of likely N-dealkylation sites (N-methyl/N-ethyl adjacent to an activating group) is 1. The van der Waals surface area contributed by atoms with E-state index >= 15 is 0 Å². The van der Waals surface area contributed by atoms with Crippen molar-refractivity contribution in [3.8, 4) is 0 Å². The van der Waals surface area contributed by atoms with Crippen molar-refractivity contribution in [2.24, 2.45) is 0 Å². The Morgan fingerprint density at radius 2 is 1.43 bits per heavy atom. The average molecular weight is 405 g/mol. The lowest BCUT2D eigenvalue weighted by Crippen LogP contribution is -2.45. The second-order valence-electron chi connectivity index (χ2n) is 6.11. The minimum absolute atomic E-state index is 0.0524. The monoisotopic (exact) mass is 405 g/mol. The molecule has 0 heterocycles. The van der Waals surface area contributed by atoms with Gasteiger partial charge in [0.05, 0.1) is 24.3 Å². The molecule has 0 unspecified atom stereocenters. The number of carbonyl (C=O) groups is 1. The largest absolute Gasteiger partial charge is 0.416 e. The summed E-state index contributed by atoms with van der Waals surface area (Å²) in [5, 5.41) is 2.79. The summed E-state index contributed by atoms with van der Waals surface area (Å²) in [6.07, 6.45) is -9.29. The highest BCUT2D eigenvalue weighted by Crippen LogP contribution is 2.36. The molecule has 0 saturated carbocycles. The minimum atomic E-state index is -4.93. The molecule has 0 fully saturated rings. The van der Waals surface area contributed by atoms with Crippen LogP contribution in [0, 0.1) is 0 Å². The lowest BCUT2D eigenvalue weighted by atomic mass is 9.92. The van der Waals surface area contributed by atoms with E-state index in [0.717, 1.165) is 0 Å². The number of benzene rings is 2. The Kier molecular flexibility index (Phi) is 6.51. The quantitative estimate of drug-likeness (QED) is 0.543. The molecule has 0 radical (unpaired) electrons. The summed E-state index contributed by atoms with van der Waals surface area (Å²) in [6, 6.07) is 9.66. The van der Waals surface area contributed by atoms with Gasteiger partial charge in [0.2, 0.25) is 0 Å². The van der Waals surface area contributed by atoms with Gasteiger partial charge in [0.25, 0.3) is 0 Å². The number of alkyl halides is 6. The summed E-state index contributed by atoms with van der Waals surface area (Å²) in [6.45, 7) is -0.814. The van der Waals surface area contributed by atoms with Gasteiger partial charge < -0.3 is 14.8 Å². The Morgan fingerprint density at radius 3 is 1.86 bits per heavy atom. The number of ether oxygens (including phenoxy) is 1. The lowest BCUT2D eigenvalue weighted by Gasteiger charge is -2.28. The Morgan fingerprint density at radius 1 is 0.893 bits per heavy atom. The van der Waals surface area contributed by atoms with Crippen molar-refractivity contribution >= 4 is 6.29 Å². The van der Waals surface area contributed by atoms with E-state index in [-0.39, 0.29) is 18.2 Å². The van der Waals surface area contributed by atoms with Crippen LogP contribution in [0.5, 0.6) is 0 Å². The van der Waals surface area contributed by atoms with Crippen LogP contribution in [0.15, 0.2) is 48.5 Å². The van der Waals surface area contributed by atoms with Gasteiger partial charge in [0.1, 0.15) is 11.8 Å². The van der Waals surface area contributed by atoms with Crippen LogP contribution < -0.4 is 5.32 Å². The van der Waals surface area contributed by atoms with Gasteiger partial charge in [-0.2, -0.15) is 26.3 Å². The first-order chi connectivity index (χ1) is 13.0. The molecule has 0 saturated heterocycles. The predicted octanol–water partition coefficient (Wildman–Crippen LogP) is 4.55. The maximum absolute atomic E-state index is 12.9. The van der Waals surface area contributed by atoms with Crippen LogP contribution in [-0.4, -0.2) is 19.9 Å². The zero-order valence-electron chi connectivity index (χ0n) is 14.7. The Hall–Kier alpha value is -2.39. The third kappa shape index (κ3) is 5.11. The fourth-order valence-corrected chi connectivity index (χ4v) is 2.63. The zero-order chi connectivity index (χ0) is 21.0. The van der Waals surface area contributed by atoms with E-state index in [1.165, 1.54) is 7.05 Å². The number of halogens is 6. The predicted molar refractivity (Wildman–Crippen MR) is 89.3 cm³/mol. The van der Waals surface area contributed by atoms with Crippen molar-refractivity contribution in [3.63, 3.8) is 0 Å². The van der Waals surface area contributed by atoms with Crippen LogP contribution in [0.3, 0.4) is 0 Å². The van der Waals surface area contributed by atoms with Crippen LogP contribution in [0.1, 0.15) is 22.3 Å². The second-order valence-corrected chi connectivity index (χ2v) is 6.11. The van der Waals surface area contributed by atoms with Crippen molar-refractivity contribution in [1.82, 2.24) is 5.32 Å². The normalized spacial score (nSPS) is 14.5. The standard InChI is InChI=1S/C19H17F6NO2/c1-26-17(11-27,14-5-3-2-4-6-14)12-28-10-13-7-15(18(20,21)22)9-16(8-13)19(23,24)25/h2-9,11,26H,10,12H2,1H3/t17-/m1/s1. The molecule has 0 amide bonds. The van der Waals surface area contributed by atoms with Gasteiger partial charge in [-0.3, -0.25) is 0 Å². The summed E-state index contributed by atoms with van der Waals surface area (Å²) in [4.78, 5) is 11.6. The average Bonchev–Trinajstić information content (AvgIpc) is 2.65. The van der Waals surface area contributed by atoms with Crippen LogP contribution in [0.4, 0.5) is 26.3 Å². The summed E-state index contributed by atoms with van der Waals surface area (Å²) in [5.74, 6) is 0. The first-order valence-electron chi connectivity index (χ1n) is 8.09. The smallest absolute Gasteiger partial charge is 0.374 e. The van der Waals surface area contributed by atoms with E-state index in [4.69, 9.17) is 4.74 Å². The van der Waals surface area contributed by atoms with Gasteiger partial charge in [0, 0.05) is 0 Å². The third-order valence-corrected chi connectivity index (χ3v) is 4.18. The Labute approximate surface area is 157 Å². The number of aldehydes is 1. The van der Waals surface area contributed by atoms with Crippen LogP contribution in [0.25, 0.3) is 0 Å². The first kappa shape index (κ1) is 21.9. The van der Waals surface area contributed by atoms with Gasteiger partial charge >= 0.3 is 12.4 Å². The van der Waals surface area contributed by atoms with E-state index in [0.29, 0.717) is 24.0 Å². The Bertz CT molecular complexity index is 772. The maximum Gasteiger partial charge on any atom is 0.416 e. The molecule has 3 nitrogen and oxygen atoms in total. The number of hydrogen-bond donors (Lipinski definition) is 1.